The van der Waals surface area contributed by atoms with Gasteiger partial charge in [-0.2, -0.15) is 0 Å². The maximum Gasteiger partial charge on any atom is 0.311 e. The van der Waals surface area contributed by atoms with Crippen molar-refractivity contribution >= 4 is 34.8 Å². The minimum atomic E-state index is -1.26. The average molecular weight is 476 g/mol. The van der Waals surface area contributed by atoms with E-state index in [2.05, 4.69) is 10.2 Å². The van der Waals surface area contributed by atoms with Gasteiger partial charge in [0.1, 0.15) is 5.54 Å². The third-order valence-electron chi connectivity index (χ3n) is 8.08. The summed E-state index contributed by atoms with van der Waals surface area (Å²) in [5, 5.41) is 14.4. The van der Waals surface area contributed by atoms with Crippen molar-refractivity contribution in [3.63, 3.8) is 0 Å². The number of methoxy groups -OCH3 is 1. The molecule has 4 heterocycles. The first kappa shape index (κ1) is 21.7. The van der Waals surface area contributed by atoms with Crippen LogP contribution < -0.4 is 15.0 Å². The van der Waals surface area contributed by atoms with Gasteiger partial charge in [-0.05, 0) is 44.9 Å². The Labute approximate surface area is 201 Å². The number of amides is 3. The van der Waals surface area contributed by atoms with Crippen molar-refractivity contribution in [1.29, 1.82) is 0 Å². The molecule has 0 bridgehead atoms. The summed E-state index contributed by atoms with van der Waals surface area (Å²) in [4.78, 5) is 55.8. The Morgan fingerprint density at radius 3 is 2.63 bits per heavy atom. The van der Waals surface area contributed by atoms with Gasteiger partial charge >= 0.3 is 5.69 Å². The fourth-order valence-electron chi connectivity index (χ4n) is 6.76. The van der Waals surface area contributed by atoms with E-state index in [1.165, 1.54) is 19.2 Å². The summed E-state index contributed by atoms with van der Waals surface area (Å²) in [6.45, 7) is 4.18. The Morgan fingerprint density at radius 2 is 1.91 bits per heavy atom. The zero-order valence-electron chi connectivity index (χ0n) is 19.5. The Hall–Kier alpha value is -3.79. The highest BCUT2D eigenvalue weighted by Crippen LogP contribution is 2.61. The van der Waals surface area contributed by atoms with Crippen LogP contribution in [0.5, 0.6) is 5.75 Å². The van der Waals surface area contributed by atoms with E-state index >= 15 is 0 Å². The summed E-state index contributed by atoms with van der Waals surface area (Å²) in [6, 6.07) is 8.13. The monoisotopic (exact) mass is 476 g/mol. The van der Waals surface area contributed by atoms with E-state index in [4.69, 9.17) is 4.74 Å². The number of nitro groups is 1. The highest BCUT2D eigenvalue weighted by atomic mass is 16.6. The molecule has 0 aromatic heterocycles. The largest absolute Gasteiger partial charge is 0.490 e. The van der Waals surface area contributed by atoms with Crippen LogP contribution in [0, 0.1) is 35.8 Å². The van der Waals surface area contributed by atoms with E-state index in [1.54, 1.807) is 6.92 Å². The molecule has 3 saturated heterocycles. The molecule has 0 unspecified atom stereocenters. The first-order chi connectivity index (χ1) is 16.7. The molecule has 6 rings (SSSR count). The van der Waals surface area contributed by atoms with Crippen molar-refractivity contribution in [3.8, 4) is 5.75 Å². The van der Waals surface area contributed by atoms with Crippen LogP contribution in [-0.2, 0) is 19.9 Å². The number of hydrogen-bond acceptors (Lipinski definition) is 7. The van der Waals surface area contributed by atoms with Crippen molar-refractivity contribution < 1.29 is 24.0 Å². The van der Waals surface area contributed by atoms with E-state index in [0.717, 1.165) is 22.4 Å². The molecular weight excluding hydrogens is 452 g/mol. The van der Waals surface area contributed by atoms with Crippen LogP contribution in [0.4, 0.5) is 17.1 Å². The molecule has 0 saturated carbocycles. The molecule has 0 aliphatic carbocycles. The number of anilines is 2. The molecule has 1 spiro atoms. The Morgan fingerprint density at radius 1 is 1.14 bits per heavy atom. The number of imide groups is 1. The molecule has 180 valence electrons. The van der Waals surface area contributed by atoms with Gasteiger partial charge in [0, 0.05) is 29.4 Å². The number of aryl methyl sites for hydroxylation is 2. The molecule has 1 N–H and O–H groups in total. The highest BCUT2D eigenvalue weighted by Gasteiger charge is 2.74. The number of benzene rings is 2. The molecule has 2 aromatic carbocycles. The standard InChI is InChI=1S/C25H24N4O6/c1-12-6-7-15-14(9-12)25(24(32)26-15)21-20(16-5-4-8-27(16)25)22(30)28(23(21)31)17-11-19(35-3)18(29(33)34)10-13(17)2/h6-7,9-11,16,20-21H,4-5,8H2,1-3H3,(H,26,32)/t16-,20-,21-,25-/m1/s1. The summed E-state index contributed by atoms with van der Waals surface area (Å²) < 4.78 is 5.20. The molecule has 4 aliphatic rings. The third kappa shape index (κ3) is 2.54. The number of nitrogens with zero attached hydrogens (tertiary/aromatic N) is 3. The average Bonchev–Trinajstić information content (AvgIpc) is 3.52. The molecule has 0 radical (unpaired) electrons. The lowest BCUT2D eigenvalue weighted by Gasteiger charge is -2.36. The van der Waals surface area contributed by atoms with Crippen LogP contribution in [0.15, 0.2) is 30.3 Å². The SMILES string of the molecule is COc1cc(N2C(=O)[C@@H]3[C@H]4CCCN4[C@@]4(C(=O)Nc5ccc(C)cc54)[C@H]3C2=O)c(C)cc1[N+](=O)[O-]. The molecule has 10 heteroatoms. The summed E-state index contributed by atoms with van der Waals surface area (Å²) in [5.41, 5.74) is 1.52. The number of ether oxygens (including phenoxy) is 1. The fraction of sp³-hybridized carbons (Fsp3) is 0.400. The number of carbonyl (C=O) groups is 3. The summed E-state index contributed by atoms with van der Waals surface area (Å²) in [7, 11) is 1.30. The lowest BCUT2D eigenvalue weighted by atomic mass is 9.75. The van der Waals surface area contributed by atoms with Gasteiger partial charge in [0.2, 0.25) is 17.7 Å². The second-order valence-corrected chi connectivity index (χ2v) is 9.76. The quantitative estimate of drug-likeness (QED) is 0.411. The Bertz CT molecular complexity index is 1360. The van der Waals surface area contributed by atoms with Gasteiger partial charge in [0.05, 0.1) is 29.6 Å². The zero-order valence-corrected chi connectivity index (χ0v) is 19.5. The van der Waals surface area contributed by atoms with Gasteiger partial charge in [-0.25, -0.2) is 4.90 Å². The van der Waals surface area contributed by atoms with Crippen LogP contribution >= 0.6 is 0 Å². The van der Waals surface area contributed by atoms with Gasteiger partial charge in [-0.1, -0.05) is 17.7 Å². The summed E-state index contributed by atoms with van der Waals surface area (Å²) in [5.74, 6) is -2.71. The zero-order chi connectivity index (χ0) is 24.8. The minimum Gasteiger partial charge on any atom is -0.490 e. The molecule has 2 aromatic rings. The van der Waals surface area contributed by atoms with Gasteiger partial charge in [0.25, 0.3) is 0 Å². The number of hydrogen-bond donors (Lipinski definition) is 1. The number of rotatable bonds is 3. The van der Waals surface area contributed by atoms with Gasteiger partial charge in [-0.3, -0.25) is 29.4 Å². The molecule has 10 nitrogen and oxygen atoms in total. The second kappa shape index (κ2) is 7.11. The molecule has 4 atom stereocenters. The predicted octanol–water partition coefficient (Wildman–Crippen LogP) is 2.65. The normalized spacial score (nSPS) is 28.9. The molecule has 35 heavy (non-hydrogen) atoms. The predicted molar refractivity (Wildman–Crippen MR) is 125 cm³/mol. The summed E-state index contributed by atoms with van der Waals surface area (Å²) >= 11 is 0. The molecular formula is C25H24N4O6. The van der Waals surface area contributed by atoms with Crippen molar-refractivity contribution in [3.05, 3.63) is 57.1 Å². The number of nitrogens with one attached hydrogen (secondary N) is 1. The molecule has 3 fully saturated rings. The van der Waals surface area contributed by atoms with E-state index in [-0.39, 0.29) is 35.0 Å². The van der Waals surface area contributed by atoms with Crippen LogP contribution in [0.3, 0.4) is 0 Å². The van der Waals surface area contributed by atoms with Crippen molar-refractivity contribution in [1.82, 2.24) is 4.90 Å². The Balaban J connectivity index is 1.54. The topological polar surface area (TPSA) is 122 Å². The highest BCUT2D eigenvalue weighted by molar-refractivity contribution is 6.26. The maximum atomic E-state index is 14.1. The van der Waals surface area contributed by atoms with Gasteiger partial charge in [0.15, 0.2) is 5.75 Å². The van der Waals surface area contributed by atoms with Crippen LogP contribution in [0.2, 0.25) is 0 Å². The Kier molecular flexibility index (Phi) is 4.41. The first-order valence-electron chi connectivity index (χ1n) is 11.6. The number of nitro benzene ring substituents is 1. The summed E-state index contributed by atoms with van der Waals surface area (Å²) in [6.07, 6.45) is 1.54. The maximum absolute atomic E-state index is 14.1. The van der Waals surface area contributed by atoms with Gasteiger partial charge < -0.3 is 10.1 Å². The number of carbonyl (C=O) groups excluding carboxylic acids is 3. The fourth-order valence-corrected chi connectivity index (χ4v) is 6.76. The van der Waals surface area contributed by atoms with Crippen molar-refractivity contribution in [2.75, 3.05) is 23.9 Å². The lowest BCUT2D eigenvalue weighted by molar-refractivity contribution is -0.385. The third-order valence-corrected chi connectivity index (χ3v) is 8.08. The lowest BCUT2D eigenvalue weighted by Crippen LogP contribution is -2.54. The van der Waals surface area contributed by atoms with Crippen LogP contribution in [0.1, 0.15) is 29.5 Å². The van der Waals surface area contributed by atoms with Crippen LogP contribution in [-0.4, -0.2) is 47.2 Å². The van der Waals surface area contributed by atoms with Gasteiger partial charge in [-0.15, -0.1) is 0 Å². The second-order valence-electron chi connectivity index (χ2n) is 9.76. The van der Waals surface area contributed by atoms with Crippen molar-refractivity contribution in [2.24, 2.45) is 11.8 Å². The molecule has 3 amide bonds. The van der Waals surface area contributed by atoms with E-state index in [0.29, 0.717) is 24.2 Å². The van der Waals surface area contributed by atoms with Crippen molar-refractivity contribution in [2.45, 2.75) is 38.3 Å². The van der Waals surface area contributed by atoms with Crippen LogP contribution in [0.25, 0.3) is 0 Å². The minimum absolute atomic E-state index is 0.0370. The smallest absolute Gasteiger partial charge is 0.311 e. The van der Waals surface area contributed by atoms with E-state index in [9.17, 15) is 24.5 Å². The first-order valence-corrected chi connectivity index (χ1v) is 11.6. The molecule has 4 aliphatic heterocycles. The van der Waals surface area contributed by atoms with E-state index in [1.807, 2.05) is 25.1 Å². The number of fused-ring (bicyclic) bond motifs is 7. The van der Waals surface area contributed by atoms with E-state index < -0.39 is 28.2 Å².